The molecule has 0 saturated carbocycles. The maximum atomic E-state index is 13.0. The van der Waals surface area contributed by atoms with Crippen LogP contribution in [0.4, 0.5) is 10.1 Å². The molecule has 0 bridgehead atoms. The number of hydrogen-bond donors (Lipinski definition) is 2. The molecule has 2 aromatic carbocycles. The molecule has 0 spiro atoms. The largest absolute Gasteiger partial charge is 0.507 e. The molecule has 19 heavy (non-hydrogen) atoms. The highest BCUT2D eigenvalue weighted by atomic mass is 35.5. The third-order valence-electron chi connectivity index (χ3n) is 2.39. The number of carbonyl (C=O) groups is 1. The van der Waals surface area contributed by atoms with E-state index in [2.05, 4.69) is 5.32 Å². The van der Waals surface area contributed by atoms with Crippen molar-refractivity contribution >= 4 is 34.8 Å². The second-order valence-corrected chi connectivity index (χ2v) is 4.53. The van der Waals surface area contributed by atoms with Crippen molar-refractivity contribution in [2.75, 3.05) is 5.32 Å². The van der Waals surface area contributed by atoms with Crippen molar-refractivity contribution in [3.05, 3.63) is 57.8 Å². The van der Waals surface area contributed by atoms with Gasteiger partial charge in [0.15, 0.2) is 0 Å². The van der Waals surface area contributed by atoms with E-state index in [-0.39, 0.29) is 27.0 Å². The van der Waals surface area contributed by atoms with Gasteiger partial charge in [0, 0.05) is 0 Å². The molecule has 0 aliphatic heterocycles. The molecule has 0 aromatic heterocycles. The van der Waals surface area contributed by atoms with E-state index in [1.165, 1.54) is 12.1 Å². The molecule has 2 aromatic rings. The van der Waals surface area contributed by atoms with Gasteiger partial charge in [-0.05, 0) is 24.3 Å². The van der Waals surface area contributed by atoms with Crippen LogP contribution in [0.3, 0.4) is 0 Å². The molecule has 0 fully saturated rings. The van der Waals surface area contributed by atoms with Crippen LogP contribution in [0.5, 0.6) is 5.75 Å². The predicted octanol–water partition coefficient (Wildman–Crippen LogP) is 4.09. The lowest BCUT2D eigenvalue weighted by molar-refractivity contribution is 0.102. The Bertz CT molecular complexity index is 623. The quantitative estimate of drug-likeness (QED) is 0.877. The highest BCUT2D eigenvalue weighted by molar-refractivity contribution is 6.40. The maximum absolute atomic E-state index is 13.0. The first-order chi connectivity index (χ1) is 8.99. The molecular formula is C13H8Cl2FNO2. The molecule has 3 nitrogen and oxygen atoms in total. The smallest absolute Gasteiger partial charge is 0.259 e. The molecule has 0 atom stereocenters. The fraction of sp³-hybridized carbons (Fsp3) is 0. The minimum absolute atomic E-state index is 0.0197. The van der Waals surface area contributed by atoms with Crippen LogP contribution in [0.1, 0.15) is 10.4 Å². The summed E-state index contributed by atoms with van der Waals surface area (Å²) < 4.78 is 13.0. The van der Waals surface area contributed by atoms with Gasteiger partial charge in [-0.3, -0.25) is 4.79 Å². The number of hydrogen-bond acceptors (Lipinski definition) is 2. The molecule has 1 amide bonds. The molecule has 0 aliphatic carbocycles. The van der Waals surface area contributed by atoms with E-state index >= 15 is 0 Å². The van der Waals surface area contributed by atoms with Crippen molar-refractivity contribution in [3.8, 4) is 5.75 Å². The third kappa shape index (κ3) is 2.97. The highest BCUT2D eigenvalue weighted by Crippen LogP contribution is 2.32. The topological polar surface area (TPSA) is 49.3 Å². The number of amides is 1. The monoisotopic (exact) mass is 299 g/mol. The number of carbonyl (C=O) groups excluding carboxylic acids is 1. The zero-order valence-corrected chi connectivity index (χ0v) is 11.0. The Labute approximate surface area is 118 Å². The molecule has 0 heterocycles. The molecule has 98 valence electrons. The molecule has 0 aliphatic rings. The Kier molecular flexibility index (Phi) is 3.93. The molecule has 0 saturated heterocycles. The van der Waals surface area contributed by atoms with Crippen LogP contribution in [-0.2, 0) is 0 Å². The van der Waals surface area contributed by atoms with Gasteiger partial charge in [0.05, 0.1) is 21.3 Å². The molecule has 2 N–H and O–H groups in total. The van der Waals surface area contributed by atoms with Gasteiger partial charge in [-0.15, -0.1) is 0 Å². The van der Waals surface area contributed by atoms with E-state index in [9.17, 15) is 14.3 Å². The standard InChI is InChI=1S/C13H8Cl2FNO2/c14-9-5-7(16)6-10(15)12(9)17-13(19)8-3-1-2-4-11(8)18/h1-6,18H,(H,17,19). The van der Waals surface area contributed by atoms with E-state index in [4.69, 9.17) is 23.2 Å². The number of aromatic hydroxyl groups is 1. The molecule has 6 heteroatoms. The number of benzene rings is 2. The summed E-state index contributed by atoms with van der Waals surface area (Å²) in [6.45, 7) is 0. The van der Waals surface area contributed by atoms with Crippen LogP contribution in [0.2, 0.25) is 10.0 Å². The Morgan fingerprint density at radius 2 is 1.74 bits per heavy atom. The van der Waals surface area contributed by atoms with Gasteiger partial charge in [-0.1, -0.05) is 35.3 Å². The van der Waals surface area contributed by atoms with Gasteiger partial charge in [0.2, 0.25) is 0 Å². The first-order valence-electron chi connectivity index (χ1n) is 5.23. The van der Waals surface area contributed by atoms with Crippen molar-refractivity contribution in [1.29, 1.82) is 0 Å². The highest BCUT2D eigenvalue weighted by Gasteiger charge is 2.15. The second kappa shape index (κ2) is 5.47. The maximum Gasteiger partial charge on any atom is 0.259 e. The zero-order valence-electron chi connectivity index (χ0n) is 9.45. The van der Waals surface area contributed by atoms with E-state index in [1.54, 1.807) is 12.1 Å². The van der Waals surface area contributed by atoms with Crippen LogP contribution >= 0.6 is 23.2 Å². The SMILES string of the molecule is O=C(Nc1c(Cl)cc(F)cc1Cl)c1ccccc1O. The number of para-hydroxylation sites is 1. The van der Waals surface area contributed by atoms with Crippen molar-refractivity contribution in [2.24, 2.45) is 0 Å². The van der Waals surface area contributed by atoms with Crippen LogP contribution in [0.15, 0.2) is 36.4 Å². The Morgan fingerprint density at radius 3 is 2.32 bits per heavy atom. The summed E-state index contributed by atoms with van der Waals surface area (Å²) >= 11 is 11.6. The van der Waals surface area contributed by atoms with Gasteiger partial charge in [-0.25, -0.2) is 4.39 Å². The van der Waals surface area contributed by atoms with Crippen LogP contribution < -0.4 is 5.32 Å². The number of halogens is 3. The first-order valence-corrected chi connectivity index (χ1v) is 5.98. The van der Waals surface area contributed by atoms with Crippen LogP contribution in [-0.4, -0.2) is 11.0 Å². The predicted molar refractivity (Wildman–Crippen MR) is 72.5 cm³/mol. The summed E-state index contributed by atoms with van der Waals surface area (Å²) in [5, 5.41) is 11.9. The van der Waals surface area contributed by atoms with E-state index in [0.717, 1.165) is 12.1 Å². The summed E-state index contributed by atoms with van der Waals surface area (Å²) in [6, 6.07) is 8.08. The van der Waals surface area contributed by atoms with Gasteiger partial charge in [0.1, 0.15) is 11.6 Å². The summed E-state index contributed by atoms with van der Waals surface area (Å²) in [5.41, 5.74) is 0.164. The molecule has 2 rings (SSSR count). The Balaban J connectivity index is 2.32. The number of phenols is 1. The summed E-state index contributed by atoms with van der Waals surface area (Å²) in [6.07, 6.45) is 0. The van der Waals surface area contributed by atoms with Gasteiger partial charge in [0.25, 0.3) is 5.91 Å². The van der Waals surface area contributed by atoms with E-state index in [0.29, 0.717) is 0 Å². The molecule has 0 unspecified atom stereocenters. The number of phenolic OH excluding ortho intramolecular Hbond substituents is 1. The number of anilines is 1. The fourth-order valence-corrected chi connectivity index (χ4v) is 2.06. The van der Waals surface area contributed by atoms with Gasteiger partial charge >= 0.3 is 0 Å². The van der Waals surface area contributed by atoms with Crippen LogP contribution in [0, 0.1) is 5.82 Å². The van der Waals surface area contributed by atoms with Crippen LogP contribution in [0.25, 0.3) is 0 Å². The minimum Gasteiger partial charge on any atom is -0.507 e. The normalized spacial score (nSPS) is 10.3. The number of nitrogens with one attached hydrogen (secondary N) is 1. The molecular weight excluding hydrogens is 292 g/mol. The molecule has 0 radical (unpaired) electrons. The van der Waals surface area contributed by atoms with Crippen molar-refractivity contribution in [1.82, 2.24) is 0 Å². The average molecular weight is 300 g/mol. The van der Waals surface area contributed by atoms with Gasteiger partial charge < -0.3 is 10.4 Å². The average Bonchev–Trinajstić information content (AvgIpc) is 2.34. The zero-order chi connectivity index (χ0) is 14.0. The van der Waals surface area contributed by atoms with Crippen molar-refractivity contribution < 1.29 is 14.3 Å². The first kappa shape index (κ1) is 13.6. The van der Waals surface area contributed by atoms with E-state index < -0.39 is 11.7 Å². The van der Waals surface area contributed by atoms with Crippen molar-refractivity contribution in [2.45, 2.75) is 0 Å². The lowest BCUT2D eigenvalue weighted by atomic mass is 10.2. The Hall–Kier alpha value is -1.78. The van der Waals surface area contributed by atoms with E-state index in [1.807, 2.05) is 0 Å². The number of rotatable bonds is 2. The van der Waals surface area contributed by atoms with Crippen molar-refractivity contribution in [3.63, 3.8) is 0 Å². The second-order valence-electron chi connectivity index (χ2n) is 3.72. The summed E-state index contributed by atoms with van der Waals surface area (Å²) in [7, 11) is 0. The summed E-state index contributed by atoms with van der Waals surface area (Å²) in [5.74, 6) is -1.36. The Morgan fingerprint density at radius 1 is 1.16 bits per heavy atom. The minimum atomic E-state index is -0.601. The lowest BCUT2D eigenvalue weighted by Gasteiger charge is -2.10. The third-order valence-corrected chi connectivity index (χ3v) is 2.99. The fourth-order valence-electron chi connectivity index (χ4n) is 1.51. The summed E-state index contributed by atoms with van der Waals surface area (Å²) in [4.78, 5) is 11.9. The lowest BCUT2D eigenvalue weighted by Crippen LogP contribution is -2.12. The van der Waals surface area contributed by atoms with Gasteiger partial charge in [-0.2, -0.15) is 0 Å².